The molecule has 3 unspecified atom stereocenters. The number of anilines is 1. The number of nitrogens with zero attached hydrogens (tertiary/aromatic N) is 5. The first-order chi connectivity index (χ1) is 16.7. The molecule has 2 N–H and O–H groups in total. The zero-order valence-electron chi connectivity index (χ0n) is 19.5. The smallest absolute Gasteiger partial charge is 0.217 e. The van der Waals surface area contributed by atoms with E-state index in [0.29, 0.717) is 11.7 Å². The molecular weight excluding hydrogens is 430 g/mol. The lowest BCUT2D eigenvalue weighted by atomic mass is 9.87. The molecule has 0 spiro atoms. The Morgan fingerprint density at radius 3 is 3.03 bits per heavy atom. The first kappa shape index (κ1) is 21.3. The number of rotatable bonds is 5. The fourth-order valence-corrected chi connectivity index (χ4v) is 5.90. The van der Waals surface area contributed by atoms with E-state index in [1.807, 2.05) is 0 Å². The molecule has 4 heterocycles. The minimum Gasteiger partial charge on any atom is -0.470 e. The standard InChI is InChI=1S/C25H31N7O2/c1-16(33)30-18-9-11-31(13-18)19-8-7-17-4-2-5-21(20(17)12-19)34-22-6-3-10-32(22)25-23-24(27-14-26-23)28-15-29-25/h2,4-5,14-15,18-19,22H,3,6-13H2,1H3,(H,30,33)(H,26,27,28,29). The summed E-state index contributed by atoms with van der Waals surface area (Å²) in [6.45, 7) is 4.48. The summed E-state index contributed by atoms with van der Waals surface area (Å²) >= 11 is 0. The van der Waals surface area contributed by atoms with Gasteiger partial charge in [-0.2, -0.15) is 0 Å². The van der Waals surface area contributed by atoms with Crippen molar-refractivity contribution in [1.82, 2.24) is 30.2 Å². The van der Waals surface area contributed by atoms with Gasteiger partial charge < -0.3 is 19.9 Å². The number of hydrogen-bond acceptors (Lipinski definition) is 7. The summed E-state index contributed by atoms with van der Waals surface area (Å²) in [5, 5.41) is 3.09. The SMILES string of the molecule is CC(=O)NC1CCN(C2CCc3cccc(OC4CCCN4c4ncnc5nc[nH]c45)c3C2)C1. The summed E-state index contributed by atoms with van der Waals surface area (Å²) in [6, 6.07) is 7.24. The zero-order chi connectivity index (χ0) is 23.1. The van der Waals surface area contributed by atoms with Gasteiger partial charge in [0, 0.05) is 45.1 Å². The lowest BCUT2D eigenvalue weighted by Crippen LogP contribution is -2.41. The molecule has 3 atom stereocenters. The molecule has 1 aliphatic carbocycles. The third-order valence-electron chi connectivity index (χ3n) is 7.50. The Bertz CT molecular complexity index is 1190. The first-order valence-corrected chi connectivity index (χ1v) is 12.3. The number of hydrogen-bond donors (Lipinski definition) is 2. The van der Waals surface area contributed by atoms with E-state index >= 15 is 0 Å². The summed E-state index contributed by atoms with van der Waals surface area (Å²) in [4.78, 5) is 32.6. The maximum Gasteiger partial charge on any atom is 0.217 e. The minimum absolute atomic E-state index is 0.0636. The van der Waals surface area contributed by atoms with Gasteiger partial charge >= 0.3 is 0 Å². The molecule has 1 amide bonds. The quantitative estimate of drug-likeness (QED) is 0.602. The zero-order valence-corrected chi connectivity index (χ0v) is 19.5. The molecule has 9 nitrogen and oxygen atoms in total. The molecule has 1 aromatic carbocycles. The van der Waals surface area contributed by atoms with Crippen molar-refractivity contribution < 1.29 is 9.53 Å². The summed E-state index contributed by atoms with van der Waals surface area (Å²) in [5.74, 6) is 1.91. The normalized spacial score (nSPS) is 25.0. The van der Waals surface area contributed by atoms with Gasteiger partial charge in [-0.05, 0) is 49.3 Å². The molecule has 6 rings (SSSR count). The van der Waals surface area contributed by atoms with E-state index in [4.69, 9.17) is 4.74 Å². The lowest BCUT2D eigenvalue weighted by Gasteiger charge is -2.34. The fraction of sp³-hybridized carbons (Fsp3) is 0.520. The monoisotopic (exact) mass is 461 g/mol. The largest absolute Gasteiger partial charge is 0.470 e. The fourth-order valence-electron chi connectivity index (χ4n) is 5.90. The lowest BCUT2D eigenvalue weighted by molar-refractivity contribution is -0.119. The Hall–Kier alpha value is -3.20. The highest BCUT2D eigenvalue weighted by Crippen LogP contribution is 2.36. The summed E-state index contributed by atoms with van der Waals surface area (Å²) in [6.07, 6.45) is 9.42. The highest BCUT2D eigenvalue weighted by atomic mass is 16.5. The molecule has 2 aromatic heterocycles. The van der Waals surface area contributed by atoms with Crippen molar-refractivity contribution in [3.63, 3.8) is 0 Å². The average Bonchev–Trinajstić information content (AvgIpc) is 3.59. The second-order valence-corrected chi connectivity index (χ2v) is 9.68. The van der Waals surface area contributed by atoms with Gasteiger partial charge in [-0.3, -0.25) is 9.69 Å². The summed E-state index contributed by atoms with van der Waals surface area (Å²) in [5.41, 5.74) is 4.27. The van der Waals surface area contributed by atoms with Crippen molar-refractivity contribution in [1.29, 1.82) is 0 Å². The van der Waals surface area contributed by atoms with E-state index in [0.717, 1.165) is 75.2 Å². The highest BCUT2D eigenvalue weighted by molar-refractivity contribution is 5.82. The Kier molecular flexibility index (Phi) is 5.57. The average molecular weight is 462 g/mol. The Labute approximate surface area is 198 Å². The van der Waals surface area contributed by atoms with Gasteiger partial charge in [0.1, 0.15) is 17.6 Å². The van der Waals surface area contributed by atoms with Crippen LogP contribution in [0.5, 0.6) is 5.75 Å². The van der Waals surface area contributed by atoms with Gasteiger partial charge in [0.05, 0.1) is 6.33 Å². The van der Waals surface area contributed by atoms with Gasteiger partial charge in [-0.25, -0.2) is 15.0 Å². The van der Waals surface area contributed by atoms with E-state index in [2.05, 4.69) is 53.3 Å². The number of imidazole rings is 1. The van der Waals surface area contributed by atoms with Crippen LogP contribution < -0.4 is 15.0 Å². The number of carbonyl (C=O) groups excluding carboxylic acids is 1. The van der Waals surface area contributed by atoms with Crippen molar-refractivity contribution in [3.05, 3.63) is 42.0 Å². The van der Waals surface area contributed by atoms with Crippen LogP contribution in [-0.4, -0.2) is 68.7 Å². The maximum atomic E-state index is 11.5. The molecule has 0 radical (unpaired) electrons. The summed E-state index contributed by atoms with van der Waals surface area (Å²) in [7, 11) is 0. The predicted molar refractivity (Wildman–Crippen MR) is 129 cm³/mol. The van der Waals surface area contributed by atoms with E-state index < -0.39 is 0 Å². The van der Waals surface area contributed by atoms with Crippen molar-refractivity contribution in [2.24, 2.45) is 0 Å². The second-order valence-electron chi connectivity index (χ2n) is 9.68. The van der Waals surface area contributed by atoms with E-state index in [-0.39, 0.29) is 18.2 Å². The third-order valence-corrected chi connectivity index (χ3v) is 7.50. The molecular formula is C25H31N7O2. The Balaban J connectivity index is 1.21. The number of H-pyrrole nitrogens is 1. The number of aromatic nitrogens is 4. The van der Waals surface area contributed by atoms with Crippen LogP contribution in [0.1, 0.15) is 43.7 Å². The van der Waals surface area contributed by atoms with Gasteiger partial charge in [0.25, 0.3) is 0 Å². The molecule has 3 aromatic rings. The van der Waals surface area contributed by atoms with Gasteiger partial charge in [-0.15, -0.1) is 0 Å². The molecule has 2 aliphatic heterocycles. The molecule has 0 bridgehead atoms. The number of aromatic amines is 1. The Morgan fingerprint density at radius 1 is 1.18 bits per heavy atom. The maximum absolute atomic E-state index is 11.5. The number of fused-ring (bicyclic) bond motifs is 2. The Morgan fingerprint density at radius 2 is 2.12 bits per heavy atom. The van der Waals surface area contributed by atoms with E-state index in [1.54, 1.807) is 19.6 Å². The van der Waals surface area contributed by atoms with Crippen LogP contribution in [0.2, 0.25) is 0 Å². The van der Waals surface area contributed by atoms with Crippen molar-refractivity contribution in [3.8, 4) is 5.75 Å². The van der Waals surface area contributed by atoms with Crippen molar-refractivity contribution >= 4 is 22.9 Å². The predicted octanol–water partition coefficient (Wildman–Crippen LogP) is 2.43. The van der Waals surface area contributed by atoms with Crippen LogP contribution in [0.4, 0.5) is 5.82 Å². The molecule has 9 heteroatoms. The molecule has 2 saturated heterocycles. The third kappa shape index (κ3) is 3.98. The molecule has 3 aliphatic rings. The van der Waals surface area contributed by atoms with E-state index in [1.165, 1.54) is 11.1 Å². The van der Waals surface area contributed by atoms with Crippen molar-refractivity contribution in [2.75, 3.05) is 24.5 Å². The number of likely N-dealkylation sites (tertiary alicyclic amines) is 1. The number of ether oxygens (including phenoxy) is 1. The number of carbonyl (C=O) groups is 1. The van der Waals surface area contributed by atoms with Crippen LogP contribution in [0, 0.1) is 0 Å². The van der Waals surface area contributed by atoms with Crippen LogP contribution in [0.25, 0.3) is 11.2 Å². The highest BCUT2D eigenvalue weighted by Gasteiger charge is 2.34. The minimum atomic E-state index is -0.0655. The number of nitrogens with one attached hydrogen (secondary N) is 2. The van der Waals surface area contributed by atoms with Crippen LogP contribution in [0.3, 0.4) is 0 Å². The second kappa shape index (κ2) is 8.87. The molecule has 34 heavy (non-hydrogen) atoms. The summed E-state index contributed by atoms with van der Waals surface area (Å²) < 4.78 is 6.71. The van der Waals surface area contributed by atoms with Gasteiger partial charge in [-0.1, -0.05) is 12.1 Å². The number of aryl methyl sites for hydroxylation is 1. The van der Waals surface area contributed by atoms with Crippen LogP contribution >= 0.6 is 0 Å². The van der Waals surface area contributed by atoms with Gasteiger partial charge in [0.15, 0.2) is 17.7 Å². The van der Waals surface area contributed by atoms with Gasteiger partial charge in [0.2, 0.25) is 5.91 Å². The van der Waals surface area contributed by atoms with E-state index in [9.17, 15) is 4.79 Å². The van der Waals surface area contributed by atoms with Crippen LogP contribution in [-0.2, 0) is 17.6 Å². The number of amides is 1. The molecule has 0 saturated carbocycles. The van der Waals surface area contributed by atoms with Crippen LogP contribution in [0.15, 0.2) is 30.9 Å². The number of benzene rings is 1. The molecule has 2 fully saturated rings. The topological polar surface area (TPSA) is 99.3 Å². The molecule has 178 valence electrons. The first-order valence-electron chi connectivity index (χ1n) is 12.3. The van der Waals surface area contributed by atoms with Crippen molar-refractivity contribution in [2.45, 2.75) is 63.8 Å².